The van der Waals surface area contributed by atoms with Crippen LogP contribution in [0.5, 0.6) is 5.75 Å². The molecule has 1 aliphatic carbocycles. The highest BCUT2D eigenvalue weighted by atomic mass is 35.5. The van der Waals surface area contributed by atoms with E-state index in [0.29, 0.717) is 5.88 Å². The molecule has 21 heavy (non-hydrogen) atoms. The Labute approximate surface area is 131 Å². The Morgan fingerprint density at radius 3 is 2.86 bits per heavy atom. The predicted molar refractivity (Wildman–Crippen MR) is 87.0 cm³/mol. The summed E-state index contributed by atoms with van der Waals surface area (Å²) >= 11 is 6.12. The van der Waals surface area contributed by atoms with Gasteiger partial charge in [-0.2, -0.15) is 0 Å². The molecule has 4 heteroatoms. The first-order valence-electron chi connectivity index (χ1n) is 8.00. The Bertz CT molecular complexity index is 602. The normalized spacial score (nSPS) is 15.9. The SMILES string of the molecule is CCCOc1cccc2c1nc(CCl)n2CC1CCCC1. The van der Waals surface area contributed by atoms with E-state index in [1.54, 1.807) is 0 Å². The van der Waals surface area contributed by atoms with E-state index in [9.17, 15) is 0 Å². The summed E-state index contributed by atoms with van der Waals surface area (Å²) in [5.74, 6) is 3.07. The number of halogens is 1. The van der Waals surface area contributed by atoms with Gasteiger partial charge in [0.25, 0.3) is 0 Å². The molecule has 1 aliphatic rings. The fourth-order valence-electron chi connectivity index (χ4n) is 3.25. The smallest absolute Gasteiger partial charge is 0.147 e. The van der Waals surface area contributed by atoms with Crippen LogP contribution in [-0.4, -0.2) is 16.2 Å². The molecule has 2 aromatic rings. The van der Waals surface area contributed by atoms with Gasteiger partial charge in [-0.05, 0) is 37.3 Å². The number of alkyl halides is 1. The van der Waals surface area contributed by atoms with Gasteiger partial charge in [-0.1, -0.05) is 25.8 Å². The van der Waals surface area contributed by atoms with Crippen LogP contribution in [0.3, 0.4) is 0 Å². The third kappa shape index (κ3) is 3.03. The van der Waals surface area contributed by atoms with Gasteiger partial charge in [0.1, 0.15) is 17.1 Å². The van der Waals surface area contributed by atoms with Crippen LogP contribution in [0.15, 0.2) is 18.2 Å². The Hall–Kier alpha value is -1.22. The molecule has 1 fully saturated rings. The molecule has 0 spiro atoms. The van der Waals surface area contributed by atoms with Crippen molar-refractivity contribution in [3.63, 3.8) is 0 Å². The summed E-state index contributed by atoms with van der Waals surface area (Å²) in [7, 11) is 0. The molecule has 0 aliphatic heterocycles. The molecule has 114 valence electrons. The van der Waals surface area contributed by atoms with Crippen LogP contribution in [0, 0.1) is 5.92 Å². The first-order valence-corrected chi connectivity index (χ1v) is 8.53. The van der Waals surface area contributed by atoms with Crippen molar-refractivity contribution in [1.82, 2.24) is 9.55 Å². The molecule has 0 unspecified atom stereocenters. The maximum atomic E-state index is 6.12. The predicted octanol–water partition coefficient (Wildman–Crippen LogP) is 4.75. The van der Waals surface area contributed by atoms with Crippen LogP contribution in [0.2, 0.25) is 0 Å². The summed E-state index contributed by atoms with van der Waals surface area (Å²) in [6.07, 6.45) is 6.37. The minimum absolute atomic E-state index is 0.453. The summed E-state index contributed by atoms with van der Waals surface area (Å²) in [6, 6.07) is 6.19. The van der Waals surface area contributed by atoms with Gasteiger partial charge < -0.3 is 9.30 Å². The molecule has 0 N–H and O–H groups in total. The third-order valence-corrected chi connectivity index (χ3v) is 4.56. The van der Waals surface area contributed by atoms with Crippen molar-refractivity contribution in [3.8, 4) is 5.75 Å². The Balaban J connectivity index is 1.97. The molecule has 3 rings (SSSR count). The quantitative estimate of drug-likeness (QED) is 0.720. The monoisotopic (exact) mass is 306 g/mol. The number of ether oxygens (including phenoxy) is 1. The molecule has 0 atom stereocenters. The van der Waals surface area contributed by atoms with Crippen molar-refractivity contribution in [2.45, 2.75) is 51.5 Å². The fraction of sp³-hybridized carbons (Fsp3) is 0.588. The van der Waals surface area contributed by atoms with Gasteiger partial charge in [-0.15, -0.1) is 11.6 Å². The lowest BCUT2D eigenvalue weighted by molar-refractivity contribution is 0.320. The van der Waals surface area contributed by atoms with Gasteiger partial charge in [-0.25, -0.2) is 4.98 Å². The van der Waals surface area contributed by atoms with Crippen LogP contribution in [0.1, 0.15) is 44.9 Å². The fourth-order valence-corrected chi connectivity index (χ4v) is 3.46. The molecular formula is C17H23ClN2O. The van der Waals surface area contributed by atoms with E-state index in [1.807, 2.05) is 6.07 Å². The maximum Gasteiger partial charge on any atom is 0.147 e. The van der Waals surface area contributed by atoms with Crippen LogP contribution in [-0.2, 0) is 12.4 Å². The zero-order valence-corrected chi connectivity index (χ0v) is 13.4. The second kappa shape index (κ2) is 6.69. The van der Waals surface area contributed by atoms with Gasteiger partial charge in [0.2, 0.25) is 0 Å². The average molecular weight is 307 g/mol. The summed E-state index contributed by atoms with van der Waals surface area (Å²) in [4.78, 5) is 4.73. The highest BCUT2D eigenvalue weighted by molar-refractivity contribution is 6.16. The Morgan fingerprint density at radius 2 is 2.14 bits per heavy atom. The van der Waals surface area contributed by atoms with E-state index in [4.69, 9.17) is 21.3 Å². The van der Waals surface area contributed by atoms with Gasteiger partial charge in [0.15, 0.2) is 0 Å². The van der Waals surface area contributed by atoms with Crippen LogP contribution in [0.25, 0.3) is 11.0 Å². The number of para-hydroxylation sites is 1. The number of nitrogens with zero attached hydrogens (tertiary/aromatic N) is 2. The van der Waals surface area contributed by atoms with Crippen molar-refractivity contribution in [2.75, 3.05) is 6.61 Å². The van der Waals surface area contributed by atoms with Crippen molar-refractivity contribution >= 4 is 22.6 Å². The molecule has 0 radical (unpaired) electrons. The number of aromatic nitrogens is 2. The summed E-state index contributed by atoms with van der Waals surface area (Å²) in [5, 5.41) is 0. The first kappa shape index (κ1) is 14.7. The lowest BCUT2D eigenvalue weighted by Gasteiger charge is -2.13. The minimum atomic E-state index is 0.453. The molecule has 0 saturated heterocycles. The van der Waals surface area contributed by atoms with Crippen molar-refractivity contribution in [1.29, 1.82) is 0 Å². The van der Waals surface area contributed by atoms with E-state index in [2.05, 4.69) is 23.6 Å². The molecule has 3 nitrogen and oxygen atoms in total. The van der Waals surface area contributed by atoms with E-state index < -0.39 is 0 Å². The van der Waals surface area contributed by atoms with Crippen molar-refractivity contribution in [3.05, 3.63) is 24.0 Å². The highest BCUT2D eigenvalue weighted by Crippen LogP contribution is 2.31. The minimum Gasteiger partial charge on any atom is -0.491 e. The van der Waals surface area contributed by atoms with Crippen LogP contribution < -0.4 is 4.74 Å². The number of imidazole rings is 1. The number of hydrogen-bond donors (Lipinski definition) is 0. The van der Waals surface area contributed by atoms with E-state index >= 15 is 0 Å². The molecule has 1 saturated carbocycles. The van der Waals surface area contributed by atoms with Crippen molar-refractivity contribution < 1.29 is 4.74 Å². The second-order valence-corrected chi connectivity index (χ2v) is 6.16. The first-order chi connectivity index (χ1) is 10.3. The van der Waals surface area contributed by atoms with Gasteiger partial charge >= 0.3 is 0 Å². The third-order valence-electron chi connectivity index (χ3n) is 4.32. The topological polar surface area (TPSA) is 27.1 Å². The summed E-state index contributed by atoms with van der Waals surface area (Å²) in [6.45, 7) is 3.88. The highest BCUT2D eigenvalue weighted by Gasteiger charge is 2.20. The molecule has 0 bridgehead atoms. The van der Waals surface area contributed by atoms with Gasteiger partial charge in [0, 0.05) is 6.54 Å². The molecule has 0 amide bonds. The maximum absolute atomic E-state index is 6.12. The molecule has 1 heterocycles. The van der Waals surface area contributed by atoms with Crippen molar-refractivity contribution in [2.24, 2.45) is 5.92 Å². The zero-order chi connectivity index (χ0) is 14.7. The van der Waals surface area contributed by atoms with Gasteiger partial charge in [0.05, 0.1) is 18.0 Å². The lowest BCUT2D eigenvalue weighted by Crippen LogP contribution is -2.09. The van der Waals surface area contributed by atoms with Crippen LogP contribution >= 0.6 is 11.6 Å². The Morgan fingerprint density at radius 1 is 1.33 bits per heavy atom. The van der Waals surface area contributed by atoms with E-state index in [0.717, 1.165) is 48.1 Å². The average Bonchev–Trinajstić information content (AvgIpc) is 3.14. The number of rotatable bonds is 6. The number of fused-ring (bicyclic) bond motifs is 1. The van der Waals surface area contributed by atoms with Gasteiger partial charge in [-0.3, -0.25) is 0 Å². The summed E-state index contributed by atoms with van der Waals surface area (Å²) in [5.41, 5.74) is 2.12. The zero-order valence-electron chi connectivity index (χ0n) is 12.6. The second-order valence-electron chi connectivity index (χ2n) is 5.90. The lowest BCUT2D eigenvalue weighted by atomic mass is 10.1. The standard InChI is InChI=1S/C17H23ClN2O/c1-2-10-21-15-9-5-8-14-17(15)19-16(11-18)20(14)12-13-6-3-4-7-13/h5,8-9,13H,2-4,6-7,10-12H2,1H3. The van der Waals surface area contributed by atoms with Crippen LogP contribution in [0.4, 0.5) is 0 Å². The van der Waals surface area contributed by atoms with E-state index in [-0.39, 0.29) is 0 Å². The largest absolute Gasteiger partial charge is 0.491 e. The summed E-state index contributed by atoms with van der Waals surface area (Å²) < 4.78 is 8.14. The number of hydrogen-bond acceptors (Lipinski definition) is 2. The molecule has 1 aromatic heterocycles. The van der Waals surface area contributed by atoms with E-state index in [1.165, 1.54) is 25.7 Å². The number of benzene rings is 1. The molecule has 1 aromatic carbocycles. The molecular weight excluding hydrogens is 284 g/mol. The Kier molecular flexibility index (Phi) is 4.69.